The maximum absolute atomic E-state index is 13.3. The fourth-order valence-electron chi connectivity index (χ4n) is 2.55. The average Bonchev–Trinajstić information content (AvgIpc) is 3.28. The van der Waals surface area contributed by atoms with E-state index in [1.165, 1.54) is 12.1 Å². The number of hydrogen-bond acceptors (Lipinski definition) is 7. The summed E-state index contributed by atoms with van der Waals surface area (Å²) in [7, 11) is 0. The number of fused-ring (bicyclic) bond motifs is 1. The van der Waals surface area contributed by atoms with Crippen molar-refractivity contribution in [2.45, 2.75) is 37.0 Å². The van der Waals surface area contributed by atoms with Crippen LogP contribution in [0.25, 0.3) is 21.3 Å². The van der Waals surface area contributed by atoms with Crippen molar-refractivity contribution in [2.24, 2.45) is 0 Å². The molecule has 0 amide bonds. The van der Waals surface area contributed by atoms with Crippen LogP contribution in [0.15, 0.2) is 45.5 Å². The standard InChI is InChI=1S/C19H17FN4OS2/c1-19(2,3)18-23-14(24-25-18)9-27-17-15-13(8-26-16(15)21-10-22-17)11-4-6-12(20)7-5-11/h4-8,10H,9H2,1-3H3. The number of thiophene rings is 1. The quantitative estimate of drug-likeness (QED) is 0.334. The molecular weight excluding hydrogens is 383 g/mol. The topological polar surface area (TPSA) is 64.7 Å². The van der Waals surface area contributed by atoms with Crippen LogP contribution >= 0.6 is 23.1 Å². The second kappa shape index (κ2) is 7.01. The molecule has 0 fully saturated rings. The Morgan fingerprint density at radius 2 is 1.93 bits per heavy atom. The fourth-order valence-corrected chi connectivity index (χ4v) is 4.39. The molecule has 3 heterocycles. The van der Waals surface area contributed by atoms with E-state index in [1.54, 1.807) is 41.6 Å². The van der Waals surface area contributed by atoms with Gasteiger partial charge >= 0.3 is 0 Å². The molecule has 3 aromatic heterocycles. The van der Waals surface area contributed by atoms with E-state index in [0.717, 1.165) is 26.4 Å². The fraction of sp³-hybridized carbons (Fsp3) is 0.263. The van der Waals surface area contributed by atoms with Crippen LogP contribution in [-0.2, 0) is 11.2 Å². The minimum atomic E-state index is -0.254. The van der Waals surface area contributed by atoms with Crippen molar-refractivity contribution < 1.29 is 8.91 Å². The lowest BCUT2D eigenvalue weighted by atomic mass is 9.97. The van der Waals surface area contributed by atoms with E-state index in [9.17, 15) is 4.39 Å². The number of benzene rings is 1. The second-order valence-electron chi connectivity index (χ2n) is 7.07. The van der Waals surface area contributed by atoms with Crippen LogP contribution in [0.2, 0.25) is 0 Å². The van der Waals surface area contributed by atoms with Crippen LogP contribution in [0.4, 0.5) is 4.39 Å². The Balaban J connectivity index is 1.65. The molecule has 4 rings (SSSR count). The summed E-state index contributed by atoms with van der Waals surface area (Å²) in [5.41, 5.74) is 1.76. The zero-order valence-corrected chi connectivity index (χ0v) is 16.7. The maximum atomic E-state index is 13.3. The molecular formula is C19H17FN4OS2. The van der Waals surface area contributed by atoms with Gasteiger partial charge in [0.1, 0.15) is 22.0 Å². The van der Waals surface area contributed by atoms with E-state index >= 15 is 0 Å². The first kappa shape index (κ1) is 18.1. The third kappa shape index (κ3) is 3.72. The van der Waals surface area contributed by atoms with E-state index in [-0.39, 0.29) is 11.2 Å². The van der Waals surface area contributed by atoms with Gasteiger partial charge in [-0.3, -0.25) is 0 Å². The van der Waals surface area contributed by atoms with Gasteiger partial charge in [-0.2, -0.15) is 4.98 Å². The van der Waals surface area contributed by atoms with Gasteiger partial charge in [-0.05, 0) is 17.7 Å². The zero-order chi connectivity index (χ0) is 19.0. The lowest BCUT2D eigenvalue weighted by molar-refractivity contribution is 0.319. The van der Waals surface area contributed by atoms with Crippen molar-refractivity contribution in [1.82, 2.24) is 20.1 Å². The first-order valence-electron chi connectivity index (χ1n) is 8.36. The third-order valence-electron chi connectivity index (χ3n) is 3.94. The summed E-state index contributed by atoms with van der Waals surface area (Å²) in [5.74, 6) is 1.55. The van der Waals surface area contributed by atoms with Crippen molar-refractivity contribution in [1.29, 1.82) is 0 Å². The van der Waals surface area contributed by atoms with E-state index in [1.807, 2.05) is 26.2 Å². The average molecular weight is 401 g/mol. The van der Waals surface area contributed by atoms with E-state index < -0.39 is 0 Å². The predicted molar refractivity (Wildman–Crippen MR) is 105 cm³/mol. The van der Waals surface area contributed by atoms with Crippen LogP contribution in [0.3, 0.4) is 0 Å². The van der Waals surface area contributed by atoms with Crippen molar-refractivity contribution in [2.75, 3.05) is 0 Å². The molecule has 4 aromatic rings. The Kier molecular flexibility index (Phi) is 4.69. The summed E-state index contributed by atoms with van der Waals surface area (Å²) in [6.07, 6.45) is 1.56. The highest BCUT2D eigenvalue weighted by atomic mass is 32.2. The molecule has 5 nitrogen and oxygen atoms in total. The largest absolute Gasteiger partial charge is 0.339 e. The molecule has 0 saturated carbocycles. The number of hydrogen-bond donors (Lipinski definition) is 0. The van der Waals surface area contributed by atoms with Crippen LogP contribution in [0, 0.1) is 5.82 Å². The molecule has 0 spiro atoms. The summed E-state index contributed by atoms with van der Waals surface area (Å²) in [6, 6.07) is 6.46. The minimum Gasteiger partial charge on any atom is -0.339 e. The van der Waals surface area contributed by atoms with Gasteiger partial charge in [-0.1, -0.05) is 49.8 Å². The number of thioether (sulfide) groups is 1. The smallest absolute Gasteiger partial charge is 0.232 e. The van der Waals surface area contributed by atoms with Gasteiger partial charge in [0.2, 0.25) is 5.89 Å². The van der Waals surface area contributed by atoms with Gasteiger partial charge in [0, 0.05) is 16.4 Å². The Morgan fingerprint density at radius 3 is 2.63 bits per heavy atom. The van der Waals surface area contributed by atoms with Crippen LogP contribution in [0.5, 0.6) is 0 Å². The molecule has 0 aliphatic heterocycles. The Labute approximate surface area is 164 Å². The molecule has 1 aromatic carbocycles. The SMILES string of the molecule is CC(C)(C)c1nc(CSc2ncnc3scc(-c4ccc(F)cc4)c23)no1. The normalized spacial score (nSPS) is 12.0. The first-order valence-corrected chi connectivity index (χ1v) is 10.2. The zero-order valence-electron chi connectivity index (χ0n) is 15.1. The van der Waals surface area contributed by atoms with Crippen LogP contribution in [-0.4, -0.2) is 20.1 Å². The van der Waals surface area contributed by atoms with Crippen LogP contribution in [0.1, 0.15) is 32.5 Å². The lowest BCUT2D eigenvalue weighted by Gasteiger charge is -2.10. The maximum Gasteiger partial charge on any atom is 0.232 e. The summed E-state index contributed by atoms with van der Waals surface area (Å²) in [5, 5.41) is 7.92. The number of rotatable bonds is 4. The third-order valence-corrected chi connectivity index (χ3v) is 5.81. The summed E-state index contributed by atoms with van der Waals surface area (Å²) < 4.78 is 18.6. The highest BCUT2D eigenvalue weighted by molar-refractivity contribution is 7.98. The van der Waals surface area contributed by atoms with Gasteiger partial charge in [0.05, 0.1) is 11.1 Å². The molecule has 0 aliphatic carbocycles. The Morgan fingerprint density at radius 1 is 1.15 bits per heavy atom. The molecule has 0 radical (unpaired) electrons. The van der Waals surface area contributed by atoms with Crippen molar-refractivity contribution >= 4 is 33.3 Å². The molecule has 0 N–H and O–H groups in total. The highest BCUT2D eigenvalue weighted by Crippen LogP contribution is 2.38. The van der Waals surface area contributed by atoms with E-state index in [0.29, 0.717) is 17.5 Å². The second-order valence-corrected chi connectivity index (χ2v) is 8.89. The molecule has 0 unspecified atom stereocenters. The van der Waals surface area contributed by atoms with Crippen molar-refractivity contribution in [3.05, 3.63) is 53.5 Å². The summed E-state index contributed by atoms with van der Waals surface area (Å²) >= 11 is 3.09. The van der Waals surface area contributed by atoms with Gasteiger partial charge in [0.25, 0.3) is 0 Å². The molecule has 0 aliphatic rings. The summed E-state index contributed by atoms with van der Waals surface area (Å²) in [4.78, 5) is 14.2. The number of nitrogens with zero attached hydrogens (tertiary/aromatic N) is 4. The number of aromatic nitrogens is 4. The minimum absolute atomic E-state index is 0.179. The van der Waals surface area contributed by atoms with Gasteiger partial charge in [-0.15, -0.1) is 11.3 Å². The predicted octanol–water partition coefficient (Wildman–Crippen LogP) is 5.47. The Hall–Kier alpha value is -2.32. The van der Waals surface area contributed by atoms with E-state index in [2.05, 4.69) is 20.1 Å². The molecule has 138 valence electrons. The van der Waals surface area contributed by atoms with Gasteiger partial charge in [-0.25, -0.2) is 14.4 Å². The first-order chi connectivity index (χ1) is 12.9. The monoisotopic (exact) mass is 400 g/mol. The lowest BCUT2D eigenvalue weighted by Crippen LogP contribution is -2.11. The van der Waals surface area contributed by atoms with Crippen LogP contribution < -0.4 is 0 Å². The molecule has 8 heteroatoms. The summed E-state index contributed by atoms with van der Waals surface area (Å²) in [6.45, 7) is 6.10. The van der Waals surface area contributed by atoms with Crippen molar-refractivity contribution in [3.63, 3.8) is 0 Å². The molecule has 0 atom stereocenters. The van der Waals surface area contributed by atoms with Crippen molar-refractivity contribution in [3.8, 4) is 11.1 Å². The van der Waals surface area contributed by atoms with Gasteiger partial charge < -0.3 is 4.52 Å². The van der Waals surface area contributed by atoms with E-state index in [4.69, 9.17) is 4.52 Å². The Bertz CT molecular complexity index is 1080. The van der Waals surface area contributed by atoms with Gasteiger partial charge in [0.15, 0.2) is 5.82 Å². The highest BCUT2D eigenvalue weighted by Gasteiger charge is 2.22. The molecule has 0 saturated heterocycles. The molecule has 27 heavy (non-hydrogen) atoms. The molecule has 0 bridgehead atoms. The number of halogens is 1.